The first-order valence-corrected chi connectivity index (χ1v) is 5.85. The molecule has 6 nitrogen and oxygen atoms in total. The standard InChI is InChI=1S/C14H13NO5/c1-8-15-11(14(17)19-8)6-10-4-5-12(18-3)13(7-10)20-9(2)16/h4-7H,1-3H3/b11-6-. The van der Waals surface area contributed by atoms with Gasteiger partial charge in [0.15, 0.2) is 23.1 Å². The summed E-state index contributed by atoms with van der Waals surface area (Å²) in [7, 11) is 1.47. The summed E-state index contributed by atoms with van der Waals surface area (Å²) in [6, 6.07) is 4.94. The van der Waals surface area contributed by atoms with E-state index in [0.717, 1.165) is 0 Å². The summed E-state index contributed by atoms with van der Waals surface area (Å²) >= 11 is 0. The number of benzene rings is 1. The molecule has 0 unspecified atom stereocenters. The van der Waals surface area contributed by atoms with Crippen molar-refractivity contribution in [2.24, 2.45) is 4.99 Å². The maximum atomic E-state index is 11.5. The average molecular weight is 275 g/mol. The van der Waals surface area contributed by atoms with Crippen molar-refractivity contribution in [3.05, 3.63) is 29.5 Å². The number of hydrogen-bond donors (Lipinski definition) is 0. The molecule has 0 saturated heterocycles. The molecule has 0 aliphatic carbocycles. The highest BCUT2D eigenvalue weighted by molar-refractivity contribution is 6.06. The fraction of sp³-hybridized carbons (Fsp3) is 0.214. The lowest BCUT2D eigenvalue weighted by atomic mass is 10.1. The highest BCUT2D eigenvalue weighted by Crippen LogP contribution is 2.29. The Labute approximate surface area is 115 Å². The van der Waals surface area contributed by atoms with Crippen LogP contribution in [0.15, 0.2) is 28.9 Å². The number of hydrogen-bond acceptors (Lipinski definition) is 6. The fourth-order valence-electron chi connectivity index (χ4n) is 1.69. The molecule has 0 radical (unpaired) electrons. The first kappa shape index (κ1) is 13.8. The van der Waals surface area contributed by atoms with Crippen LogP contribution < -0.4 is 9.47 Å². The minimum absolute atomic E-state index is 0.196. The largest absolute Gasteiger partial charge is 0.493 e. The zero-order valence-electron chi connectivity index (χ0n) is 11.3. The molecule has 104 valence electrons. The van der Waals surface area contributed by atoms with E-state index in [4.69, 9.17) is 14.2 Å². The number of carbonyl (C=O) groups is 2. The summed E-state index contributed by atoms with van der Waals surface area (Å²) in [5, 5.41) is 0. The molecule has 0 N–H and O–H groups in total. The van der Waals surface area contributed by atoms with E-state index in [-0.39, 0.29) is 11.4 Å². The van der Waals surface area contributed by atoms with E-state index in [2.05, 4.69) is 4.99 Å². The molecule has 20 heavy (non-hydrogen) atoms. The van der Waals surface area contributed by atoms with Crippen LogP contribution in [0.3, 0.4) is 0 Å². The summed E-state index contributed by atoms with van der Waals surface area (Å²) in [4.78, 5) is 26.5. The lowest BCUT2D eigenvalue weighted by Gasteiger charge is -2.08. The maximum absolute atomic E-state index is 11.5. The monoisotopic (exact) mass is 275 g/mol. The maximum Gasteiger partial charge on any atom is 0.363 e. The Balaban J connectivity index is 2.36. The van der Waals surface area contributed by atoms with Crippen molar-refractivity contribution < 1.29 is 23.8 Å². The Bertz CT molecular complexity index is 630. The Morgan fingerprint density at radius 2 is 2.10 bits per heavy atom. The third-order valence-corrected chi connectivity index (χ3v) is 2.47. The second-order valence-electron chi connectivity index (χ2n) is 4.05. The Morgan fingerprint density at radius 3 is 2.65 bits per heavy atom. The van der Waals surface area contributed by atoms with E-state index in [9.17, 15) is 9.59 Å². The van der Waals surface area contributed by atoms with Gasteiger partial charge in [0.1, 0.15) is 0 Å². The van der Waals surface area contributed by atoms with Gasteiger partial charge >= 0.3 is 11.9 Å². The highest BCUT2D eigenvalue weighted by Gasteiger charge is 2.19. The predicted octanol–water partition coefficient (Wildman–Crippen LogP) is 1.94. The lowest BCUT2D eigenvalue weighted by molar-refractivity contribution is -0.132. The molecule has 0 fully saturated rings. The van der Waals surface area contributed by atoms with Crippen molar-refractivity contribution >= 4 is 23.9 Å². The topological polar surface area (TPSA) is 74.2 Å². The second kappa shape index (κ2) is 5.56. The van der Waals surface area contributed by atoms with Crippen molar-refractivity contribution in [3.63, 3.8) is 0 Å². The molecule has 0 aromatic heterocycles. The molecule has 0 amide bonds. The minimum atomic E-state index is -0.507. The van der Waals surface area contributed by atoms with Gasteiger partial charge in [-0.2, -0.15) is 0 Å². The number of rotatable bonds is 3. The quantitative estimate of drug-likeness (QED) is 0.479. The molecule has 2 rings (SSSR count). The highest BCUT2D eigenvalue weighted by atomic mass is 16.6. The van der Waals surface area contributed by atoms with Gasteiger partial charge in [0.25, 0.3) is 0 Å². The first-order valence-electron chi connectivity index (χ1n) is 5.85. The molecule has 1 heterocycles. The van der Waals surface area contributed by atoms with E-state index < -0.39 is 11.9 Å². The van der Waals surface area contributed by atoms with Gasteiger partial charge in [-0.25, -0.2) is 9.79 Å². The molecule has 6 heteroatoms. The smallest absolute Gasteiger partial charge is 0.363 e. The van der Waals surface area contributed by atoms with Gasteiger partial charge in [0.05, 0.1) is 7.11 Å². The number of nitrogens with zero attached hydrogens (tertiary/aromatic N) is 1. The summed E-state index contributed by atoms with van der Waals surface area (Å²) in [6.07, 6.45) is 1.55. The van der Waals surface area contributed by atoms with E-state index in [1.54, 1.807) is 31.2 Å². The number of methoxy groups -OCH3 is 1. The van der Waals surface area contributed by atoms with Gasteiger partial charge in [0.2, 0.25) is 0 Å². The van der Waals surface area contributed by atoms with Gasteiger partial charge in [-0.15, -0.1) is 0 Å². The zero-order valence-corrected chi connectivity index (χ0v) is 11.3. The van der Waals surface area contributed by atoms with E-state index in [1.165, 1.54) is 14.0 Å². The summed E-state index contributed by atoms with van der Waals surface area (Å²) in [6.45, 7) is 2.89. The SMILES string of the molecule is COc1ccc(/C=C2\N=C(C)OC2=O)cc1OC(C)=O. The van der Waals surface area contributed by atoms with Crippen LogP contribution in [0.25, 0.3) is 6.08 Å². The molecule has 0 bridgehead atoms. The Hall–Kier alpha value is -2.63. The lowest BCUT2D eigenvalue weighted by Crippen LogP contribution is -2.03. The molecular weight excluding hydrogens is 262 g/mol. The van der Waals surface area contributed by atoms with E-state index >= 15 is 0 Å². The summed E-state index contributed by atoms with van der Waals surface area (Å²) in [5.74, 6) is 0.0435. The number of cyclic esters (lactones) is 1. The summed E-state index contributed by atoms with van der Waals surface area (Å²) in [5.41, 5.74) is 0.842. The number of aliphatic imine (C=N–C) groups is 1. The Kier molecular flexibility index (Phi) is 3.84. The molecule has 1 aromatic rings. The van der Waals surface area contributed by atoms with Gasteiger partial charge in [-0.1, -0.05) is 6.07 Å². The van der Waals surface area contributed by atoms with Crippen molar-refractivity contribution in [1.29, 1.82) is 0 Å². The third kappa shape index (κ3) is 3.03. The van der Waals surface area contributed by atoms with Crippen LogP contribution in [0.5, 0.6) is 11.5 Å². The van der Waals surface area contributed by atoms with Gasteiger partial charge in [0, 0.05) is 13.8 Å². The van der Waals surface area contributed by atoms with Gasteiger partial charge < -0.3 is 14.2 Å². The third-order valence-electron chi connectivity index (χ3n) is 2.47. The van der Waals surface area contributed by atoms with Crippen LogP contribution in [0.2, 0.25) is 0 Å². The number of esters is 2. The Morgan fingerprint density at radius 1 is 1.35 bits per heavy atom. The summed E-state index contributed by atoms with van der Waals surface area (Å²) < 4.78 is 15.0. The van der Waals surface area contributed by atoms with Crippen LogP contribution >= 0.6 is 0 Å². The normalized spacial score (nSPS) is 15.8. The molecule has 1 aromatic carbocycles. The van der Waals surface area contributed by atoms with Gasteiger partial charge in [-0.3, -0.25) is 4.79 Å². The van der Waals surface area contributed by atoms with Gasteiger partial charge in [-0.05, 0) is 23.8 Å². The van der Waals surface area contributed by atoms with Crippen molar-refractivity contribution in [2.75, 3.05) is 7.11 Å². The van der Waals surface area contributed by atoms with E-state index in [1.807, 2.05) is 0 Å². The van der Waals surface area contributed by atoms with Crippen LogP contribution in [-0.4, -0.2) is 24.9 Å². The van der Waals surface area contributed by atoms with Crippen LogP contribution in [0.1, 0.15) is 19.4 Å². The number of ether oxygens (including phenoxy) is 3. The molecular formula is C14H13NO5. The number of carbonyl (C=O) groups excluding carboxylic acids is 2. The zero-order chi connectivity index (χ0) is 14.7. The minimum Gasteiger partial charge on any atom is -0.493 e. The second-order valence-corrected chi connectivity index (χ2v) is 4.05. The van der Waals surface area contributed by atoms with Crippen molar-refractivity contribution in [3.8, 4) is 11.5 Å². The van der Waals surface area contributed by atoms with Crippen LogP contribution in [-0.2, 0) is 14.3 Å². The molecule has 0 spiro atoms. The van der Waals surface area contributed by atoms with Crippen molar-refractivity contribution in [2.45, 2.75) is 13.8 Å². The fourth-order valence-corrected chi connectivity index (χ4v) is 1.69. The van der Waals surface area contributed by atoms with Crippen molar-refractivity contribution in [1.82, 2.24) is 0 Å². The predicted molar refractivity (Wildman–Crippen MR) is 71.5 cm³/mol. The van der Waals surface area contributed by atoms with Crippen LogP contribution in [0.4, 0.5) is 0 Å². The average Bonchev–Trinajstić information content (AvgIpc) is 2.67. The first-order chi connectivity index (χ1) is 9.49. The van der Waals surface area contributed by atoms with Crippen LogP contribution in [0, 0.1) is 0 Å². The van der Waals surface area contributed by atoms with E-state index in [0.29, 0.717) is 17.2 Å². The molecule has 0 atom stereocenters. The molecule has 1 aliphatic rings. The molecule has 0 saturated carbocycles. The molecule has 1 aliphatic heterocycles.